The average molecular weight is 162 g/mol. The molecule has 0 atom stereocenters. The Bertz CT molecular complexity index is 62.5. The Balaban J connectivity index is 0. The molecular formula is C9H22O2. The minimum atomic E-state index is 0.0972. The van der Waals surface area contributed by atoms with Crippen molar-refractivity contribution < 1.29 is 9.84 Å². The summed E-state index contributed by atoms with van der Waals surface area (Å²) in [5.74, 6) is 0. The molecule has 0 aliphatic heterocycles. The van der Waals surface area contributed by atoms with E-state index in [1.54, 1.807) is 0 Å². The van der Waals surface area contributed by atoms with Gasteiger partial charge < -0.3 is 9.84 Å². The normalized spacial score (nSPS) is 10.4. The van der Waals surface area contributed by atoms with Gasteiger partial charge in [0.2, 0.25) is 0 Å². The van der Waals surface area contributed by atoms with Crippen molar-refractivity contribution in [1.82, 2.24) is 0 Å². The highest BCUT2D eigenvalue weighted by molar-refractivity contribution is 4.55. The first-order valence-electron chi connectivity index (χ1n) is 4.16. The van der Waals surface area contributed by atoms with Crippen molar-refractivity contribution in [1.29, 1.82) is 0 Å². The highest BCUT2D eigenvalue weighted by Gasteiger charge is 2.05. The van der Waals surface area contributed by atoms with E-state index < -0.39 is 0 Å². The van der Waals surface area contributed by atoms with Crippen LogP contribution in [0.25, 0.3) is 0 Å². The van der Waals surface area contributed by atoms with E-state index in [4.69, 9.17) is 9.84 Å². The lowest BCUT2D eigenvalue weighted by Gasteiger charge is -2.11. The summed E-state index contributed by atoms with van der Waals surface area (Å²) in [6.45, 7) is 11.9. The zero-order chi connectivity index (χ0) is 9.33. The number of hydrogen-bond donors (Lipinski definition) is 1. The zero-order valence-electron chi connectivity index (χ0n) is 8.48. The van der Waals surface area contributed by atoms with Crippen LogP contribution in [0.5, 0.6) is 0 Å². The molecule has 0 bridgehead atoms. The van der Waals surface area contributed by atoms with Crippen LogP contribution in [-0.2, 0) is 4.74 Å². The molecule has 0 heterocycles. The molecule has 70 valence electrons. The maximum Gasteiger partial charge on any atom is 0.0479 e. The van der Waals surface area contributed by atoms with Crippen LogP contribution < -0.4 is 0 Å². The van der Waals surface area contributed by atoms with Crippen LogP contribution in [-0.4, -0.2) is 24.9 Å². The van der Waals surface area contributed by atoms with Gasteiger partial charge in [0.1, 0.15) is 0 Å². The van der Waals surface area contributed by atoms with Crippen LogP contribution in [0, 0.1) is 5.41 Å². The zero-order valence-corrected chi connectivity index (χ0v) is 8.48. The fourth-order valence-corrected chi connectivity index (χ4v) is 0.204. The van der Waals surface area contributed by atoms with Crippen LogP contribution >= 0.6 is 0 Å². The average Bonchev–Trinajstić information content (AvgIpc) is 1.90. The van der Waals surface area contributed by atoms with Gasteiger partial charge in [-0.15, -0.1) is 0 Å². The highest BCUT2D eigenvalue weighted by atomic mass is 16.5. The molecule has 0 aromatic rings. The standard InChI is InChI=1S/C5H12O.C4H10O/c1-5(2,3)4-6;1-3-5-4-2/h6H,4H2,1-3H3;3-4H2,1-2H3. The first kappa shape index (κ1) is 13.5. The predicted molar refractivity (Wildman–Crippen MR) is 48.7 cm³/mol. The molecule has 0 amide bonds. The molecule has 0 radical (unpaired) electrons. The van der Waals surface area contributed by atoms with Crippen molar-refractivity contribution in [2.45, 2.75) is 34.6 Å². The third kappa shape index (κ3) is 25.7. The Labute approximate surface area is 70.6 Å². The third-order valence-electron chi connectivity index (χ3n) is 0.883. The topological polar surface area (TPSA) is 29.5 Å². The molecule has 2 nitrogen and oxygen atoms in total. The Kier molecular flexibility index (Phi) is 9.85. The summed E-state index contributed by atoms with van der Waals surface area (Å²) < 4.78 is 4.83. The number of aliphatic hydroxyl groups excluding tert-OH is 1. The minimum Gasteiger partial charge on any atom is -0.396 e. The maximum absolute atomic E-state index is 8.40. The van der Waals surface area contributed by atoms with E-state index >= 15 is 0 Å². The molecular weight excluding hydrogens is 140 g/mol. The highest BCUT2D eigenvalue weighted by Crippen LogP contribution is 2.09. The smallest absolute Gasteiger partial charge is 0.0479 e. The summed E-state index contributed by atoms with van der Waals surface area (Å²) in [4.78, 5) is 0. The fraction of sp³-hybridized carbons (Fsp3) is 1.00. The number of ether oxygens (including phenoxy) is 1. The summed E-state index contributed by atoms with van der Waals surface area (Å²) in [6.07, 6.45) is 0. The largest absolute Gasteiger partial charge is 0.396 e. The molecule has 0 aromatic carbocycles. The number of aliphatic hydroxyl groups is 1. The van der Waals surface area contributed by atoms with Crippen molar-refractivity contribution in [2.75, 3.05) is 19.8 Å². The fourth-order valence-electron chi connectivity index (χ4n) is 0.204. The summed E-state index contributed by atoms with van der Waals surface area (Å²) in [5, 5.41) is 8.40. The molecule has 0 spiro atoms. The molecule has 0 saturated carbocycles. The van der Waals surface area contributed by atoms with E-state index in [9.17, 15) is 0 Å². The summed E-state index contributed by atoms with van der Waals surface area (Å²) in [5.41, 5.74) is 0.0972. The number of rotatable bonds is 2. The first-order valence-corrected chi connectivity index (χ1v) is 4.16. The number of hydrogen-bond acceptors (Lipinski definition) is 2. The monoisotopic (exact) mass is 162 g/mol. The predicted octanol–water partition coefficient (Wildman–Crippen LogP) is 2.07. The van der Waals surface area contributed by atoms with Crippen LogP contribution in [0.3, 0.4) is 0 Å². The molecule has 0 fully saturated rings. The van der Waals surface area contributed by atoms with Crippen LogP contribution in [0.2, 0.25) is 0 Å². The Morgan fingerprint density at radius 1 is 1.09 bits per heavy atom. The van der Waals surface area contributed by atoms with Gasteiger partial charge in [-0.1, -0.05) is 20.8 Å². The van der Waals surface area contributed by atoms with Crippen molar-refractivity contribution in [3.8, 4) is 0 Å². The first-order chi connectivity index (χ1) is 4.97. The third-order valence-corrected chi connectivity index (χ3v) is 0.883. The second-order valence-electron chi connectivity index (χ2n) is 3.50. The lowest BCUT2D eigenvalue weighted by Crippen LogP contribution is -2.09. The molecule has 1 N–H and O–H groups in total. The molecule has 0 aliphatic carbocycles. The Hall–Kier alpha value is -0.0800. The van der Waals surface area contributed by atoms with E-state index in [1.165, 1.54) is 0 Å². The maximum atomic E-state index is 8.40. The minimum absolute atomic E-state index is 0.0972. The van der Waals surface area contributed by atoms with Crippen LogP contribution in [0.4, 0.5) is 0 Å². The van der Waals surface area contributed by atoms with Gasteiger partial charge in [0.15, 0.2) is 0 Å². The summed E-state index contributed by atoms with van der Waals surface area (Å²) >= 11 is 0. The van der Waals surface area contributed by atoms with Crippen LogP contribution in [0.15, 0.2) is 0 Å². The second-order valence-corrected chi connectivity index (χ2v) is 3.50. The van der Waals surface area contributed by atoms with Gasteiger partial charge in [0.25, 0.3) is 0 Å². The lowest BCUT2D eigenvalue weighted by atomic mass is 9.99. The van der Waals surface area contributed by atoms with Crippen LogP contribution in [0.1, 0.15) is 34.6 Å². The van der Waals surface area contributed by atoms with Crippen molar-refractivity contribution >= 4 is 0 Å². The van der Waals surface area contributed by atoms with Gasteiger partial charge in [-0.25, -0.2) is 0 Å². The van der Waals surface area contributed by atoms with Gasteiger partial charge in [0, 0.05) is 19.8 Å². The van der Waals surface area contributed by atoms with Crippen molar-refractivity contribution in [3.63, 3.8) is 0 Å². The van der Waals surface area contributed by atoms with E-state index in [-0.39, 0.29) is 12.0 Å². The van der Waals surface area contributed by atoms with E-state index in [0.29, 0.717) is 0 Å². The van der Waals surface area contributed by atoms with Crippen molar-refractivity contribution in [3.05, 3.63) is 0 Å². The second kappa shape index (κ2) is 8.02. The van der Waals surface area contributed by atoms with E-state index in [2.05, 4.69) is 0 Å². The van der Waals surface area contributed by atoms with Gasteiger partial charge in [-0.2, -0.15) is 0 Å². The Morgan fingerprint density at radius 2 is 1.36 bits per heavy atom. The molecule has 11 heavy (non-hydrogen) atoms. The molecule has 0 aliphatic rings. The lowest BCUT2D eigenvalue weighted by molar-refractivity contribution is 0.162. The summed E-state index contributed by atoms with van der Waals surface area (Å²) in [7, 11) is 0. The van der Waals surface area contributed by atoms with E-state index in [1.807, 2.05) is 34.6 Å². The van der Waals surface area contributed by atoms with Crippen molar-refractivity contribution in [2.24, 2.45) is 5.41 Å². The molecule has 0 unspecified atom stereocenters. The van der Waals surface area contributed by atoms with Gasteiger partial charge in [0.05, 0.1) is 0 Å². The van der Waals surface area contributed by atoms with Gasteiger partial charge >= 0.3 is 0 Å². The molecule has 0 saturated heterocycles. The Morgan fingerprint density at radius 3 is 1.36 bits per heavy atom. The van der Waals surface area contributed by atoms with Gasteiger partial charge in [-0.3, -0.25) is 0 Å². The SMILES string of the molecule is CC(C)(C)CO.CCOCC. The van der Waals surface area contributed by atoms with Gasteiger partial charge in [-0.05, 0) is 19.3 Å². The van der Waals surface area contributed by atoms with E-state index in [0.717, 1.165) is 13.2 Å². The quantitative estimate of drug-likeness (QED) is 0.673. The summed E-state index contributed by atoms with van der Waals surface area (Å²) in [6, 6.07) is 0. The molecule has 2 heteroatoms. The molecule has 0 rings (SSSR count). The molecule has 0 aromatic heterocycles.